The maximum absolute atomic E-state index is 12.8. The summed E-state index contributed by atoms with van der Waals surface area (Å²) in [4.78, 5) is 26.8. The molecule has 0 radical (unpaired) electrons. The van der Waals surface area contributed by atoms with Crippen LogP contribution < -0.4 is 5.32 Å². The van der Waals surface area contributed by atoms with Crippen molar-refractivity contribution >= 4 is 11.8 Å². The fourth-order valence-corrected chi connectivity index (χ4v) is 3.49. The van der Waals surface area contributed by atoms with Gasteiger partial charge in [0.2, 0.25) is 5.91 Å². The van der Waals surface area contributed by atoms with Gasteiger partial charge in [-0.1, -0.05) is 29.5 Å². The lowest BCUT2D eigenvalue weighted by molar-refractivity contribution is -0.131. The molecule has 1 aliphatic rings. The number of ether oxygens (including phenoxy) is 1. The molecule has 8 nitrogen and oxygen atoms in total. The van der Waals surface area contributed by atoms with E-state index in [1.807, 2.05) is 36.1 Å². The van der Waals surface area contributed by atoms with Gasteiger partial charge in [0, 0.05) is 20.2 Å². The molecule has 1 fully saturated rings. The molecule has 0 spiro atoms. The van der Waals surface area contributed by atoms with Crippen LogP contribution in [0.5, 0.6) is 0 Å². The standard InChI is InChI=1S/C20H27N5O3/c1-15-6-3-4-7-16(15)12-19(26)25-10-5-8-17(25)13-24-14-18(22-23-24)20(27)21-9-11-28-2/h3-4,6-7,14,17H,5,8-13H2,1-2H3,(H,21,27)/t17-/m0/s1. The average Bonchev–Trinajstić information content (AvgIpc) is 3.34. The maximum atomic E-state index is 12.8. The van der Waals surface area contributed by atoms with Gasteiger partial charge in [-0.2, -0.15) is 0 Å². The number of nitrogens with one attached hydrogen (secondary N) is 1. The smallest absolute Gasteiger partial charge is 0.273 e. The Bertz CT molecular complexity index is 820. The molecule has 0 bridgehead atoms. The van der Waals surface area contributed by atoms with Gasteiger partial charge in [0.15, 0.2) is 5.69 Å². The lowest BCUT2D eigenvalue weighted by atomic mass is 10.1. The lowest BCUT2D eigenvalue weighted by Gasteiger charge is -2.25. The summed E-state index contributed by atoms with van der Waals surface area (Å²) in [7, 11) is 1.58. The number of hydrogen-bond acceptors (Lipinski definition) is 5. The third kappa shape index (κ3) is 4.95. The number of benzene rings is 1. The maximum Gasteiger partial charge on any atom is 0.273 e. The normalized spacial score (nSPS) is 16.4. The second kappa shape index (κ2) is 9.45. The summed E-state index contributed by atoms with van der Waals surface area (Å²) >= 11 is 0. The zero-order valence-electron chi connectivity index (χ0n) is 16.4. The molecule has 8 heteroatoms. The molecule has 2 amide bonds. The van der Waals surface area contributed by atoms with Crippen LogP contribution in [0.3, 0.4) is 0 Å². The summed E-state index contributed by atoms with van der Waals surface area (Å²) in [5.74, 6) is -0.142. The highest BCUT2D eigenvalue weighted by atomic mass is 16.5. The van der Waals surface area contributed by atoms with Gasteiger partial charge in [-0.3, -0.25) is 9.59 Å². The summed E-state index contributed by atoms with van der Waals surface area (Å²) in [5.41, 5.74) is 2.47. The summed E-state index contributed by atoms with van der Waals surface area (Å²) in [6.45, 7) is 4.19. The van der Waals surface area contributed by atoms with Crippen molar-refractivity contribution < 1.29 is 14.3 Å². The van der Waals surface area contributed by atoms with Crippen molar-refractivity contribution in [1.82, 2.24) is 25.2 Å². The van der Waals surface area contributed by atoms with Crippen LogP contribution in [0.25, 0.3) is 0 Å². The Kier molecular flexibility index (Phi) is 6.76. The summed E-state index contributed by atoms with van der Waals surface area (Å²) in [6.07, 6.45) is 3.94. The molecule has 1 atom stereocenters. The Labute approximate surface area is 164 Å². The summed E-state index contributed by atoms with van der Waals surface area (Å²) in [5, 5.41) is 10.7. The van der Waals surface area contributed by atoms with Gasteiger partial charge in [0.25, 0.3) is 5.91 Å². The molecule has 1 aromatic heterocycles. The monoisotopic (exact) mass is 385 g/mol. The number of rotatable bonds is 8. The number of aromatic nitrogens is 3. The highest BCUT2D eigenvalue weighted by molar-refractivity contribution is 5.91. The molecule has 3 rings (SSSR count). The van der Waals surface area contributed by atoms with E-state index < -0.39 is 0 Å². The van der Waals surface area contributed by atoms with Crippen molar-refractivity contribution in [1.29, 1.82) is 0 Å². The van der Waals surface area contributed by atoms with Gasteiger partial charge >= 0.3 is 0 Å². The van der Waals surface area contributed by atoms with Gasteiger partial charge < -0.3 is 15.0 Å². The Hall–Kier alpha value is -2.74. The van der Waals surface area contributed by atoms with Crippen molar-refractivity contribution in [3.63, 3.8) is 0 Å². The number of carbonyl (C=O) groups is 2. The summed E-state index contributed by atoms with van der Waals surface area (Å²) in [6, 6.07) is 8.05. The zero-order chi connectivity index (χ0) is 19.9. The third-order valence-electron chi connectivity index (χ3n) is 5.06. The number of amides is 2. The van der Waals surface area contributed by atoms with Crippen LogP contribution in [0.1, 0.15) is 34.5 Å². The molecule has 1 N–H and O–H groups in total. The van der Waals surface area contributed by atoms with Gasteiger partial charge in [0.05, 0.1) is 31.8 Å². The number of nitrogens with zero attached hydrogens (tertiary/aromatic N) is 4. The molecular formula is C20H27N5O3. The van der Waals surface area contributed by atoms with E-state index in [9.17, 15) is 9.59 Å². The first-order valence-electron chi connectivity index (χ1n) is 9.59. The van der Waals surface area contributed by atoms with Crippen molar-refractivity contribution in [2.45, 2.75) is 38.8 Å². The molecule has 0 saturated carbocycles. The minimum Gasteiger partial charge on any atom is -0.383 e. The molecule has 0 aliphatic carbocycles. The SMILES string of the molecule is COCCNC(=O)c1cn(C[C@@H]2CCCN2C(=O)Cc2ccccc2C)nn1. The first-order chi connectivity index (χ1) is 13.6. The van der Waals surface area contributed by atoms with Crippen LogP contribution in [0, 0.1) is 6.92 Å². The van der Waals surface area contributed by atoms with Crippen LogP contribution >= 0.6 is 0 Å². The topological polar surface area (TPSA) is 89.4 Å². The van der Waals surface area contributed by atoms with Crippen molar-refractivity contribution in [3.05, 3.63) is 47.3 Å². The number of carbonyl (C=O) groups excluding carboxylic acids is 2. The van der Waals surface area contributed by atoms with E-state index in [1.165, 1.54) is 0 Å². The number of hydrogen-bond donors (Lipinski definition) is 1. The van der Waals surface area contributed by atoms with E-state index >= 15 is 0 Å². The predicted octanol–water partition coefficient (Wildman–Crippen LogP) is 1.20. The second-order valence-electron chi connectivity index (χ2n) is 7.06. The van der Waals surface area contributed by atoms with Crippen molar-refractivity contribution in [3.8, 4) is 0 Å². The number of methoxy groups -OCH3 is 1. The van der Waals surface area contributed by atoms with Crippen LogP contribution in [0.15, 0.2) is 30.5 Å². The lowest BCUT2D eigenvalue weighted by Crippen LogP contribution is -2.39. The molecule has 150 valence electrons. The Balaban J connectivity index is 1.58. The predicted molar refractivity (Wildman–Crippen MR) is 104 cm³/mol. The molecule has 2 aromatic rings. The first-order valence-corrected chi connectivity index (χ1v) is 9.59. The van der Waals surface area contributed by atoms with E-state index in [0.29, 0.717) is 26.1 Å². The van der Waals surface area contributed by atoms with E-state index in [2.05, 4.69) is 15.6 Å². The molecule has 2 heterocycles. The first kappa shape index (κ1) is 20.0. The van der Waals surface area contributed by atoms with E-state index in [0.717, 1.165) is 30.5 Å². The molecule has 28 heavy (non-hydrogen) atoms. The fourth-order valence-electron chi connectivity index (χ4n) is 3.49. The zero-order valence-corrected chi connectivity index (χ0v) is 16.4. The molecule has 1 aliphatic heterocycles. The Morgan fingerprint density at radius 1 is 1.32 bits per heavy atom. The van der Waals surface area contributed by atoms with Crippen LogP contribution in [0.4, 0.5) is 0 Å². The quantitative estimate of drug-likeness (QED) is 0.690. The third-order valence-corrected chi connectivity index (χ3v) is 5.06. The molecular weight excluding hydrogens is 358 g/mol. The van der Waals surface area contributed by atoms with Crippen molar-refractivity contribution in [2.24, 2.45) is 0 Å². The average molecular weight is 385 g/mol. The minimum absolute atomic E-state index is 0.0719. The van der Waals surface area contributed by atoms with Gasteiger partial charge in [0.1, 0.15) is 0 Å². The van der Waals surface area contributed by atoms with Gasteiger partial charge in [-0.15, -0.1) is 5.10 Å². The molecule has 0 unspecified atom stereocenters. The fraction of sp³-hybridized carbons (Fsp3) is 0.500. The number of likely N-dealkylation sites (tertiary alicyclic amines) is 1. The van der Waals surface area contributed by atoms with E-state index in [1.54, 1.807) is 18.0 Å². The minimum atomic E-state index is -0.276. The highest BCUT2D eigenvalue weighted by Crippen LogP contribution is 2.21. The Morgan fingerprint density at radius 2 is 2.14 bits per heavy atom. The van der Waals surface area contributed by atoms with E-state index in [4.69, 9.17) is 4.74 Å². The Morgan fingerprint density at radius 3 is 2.93 bits per heavy atom. The van der Waals surface area contributed by atoms with E-state index in [-0.39, 0.29) is 23.6 Å². The molecule has 1 aromatic carbocycles. The van der Waals surface area contributed by atoms with Crippen LogP contribution in [0.2, 0.25) is 0 Å². The number of aryl methyl sites for hydroxylation is 1. The summed E-state index contributed by atoms with van der Waals surface area (Å²) < 4.78 is 6.56. The van der Waals surface area contributed by atoms with Crippen molar-refractivity contribution in [2.75, 3.05) is 26.8 Å². The largest absolute Gasteiger partial charge is 0.383 e. The van der Waals surface area contributed by atoms with Crippen LogP contribution in [-0.2, 0) is 22.5 Å². The second-order valence-corrected chi connectivity index (χ2v) is 7.06. The molecule has 1 saturated heterocycles. The van der Waals surface area contributed by atoms with Gasteiger partial charge in [-0.05, 0) is 30.9 Å². The van der Waals surface area contributed by atoms with Crippen LogP contribution in [-0.4, -0.2) is 64.6 Å². The highest BCUT2D eigenvalue weighted by Gasteiger charge is 2.29. The van der Waals surface area contributed by atoms with Gasteiger partial charge in [-0.25, -0.2) is 4.68 Å².